The van der Waals surface area contributed by atoms with Gasteiger partial charge in [-0.05, 0) is 42.3 Å². The molecule has 0 amide bonds. The minimum absolute atomic E-state index is 0.536. The summed E-state index contributed by atoms with van der Waals surface area (Å²) in [7, 11) is 2.33. The van der Waals surface area contributed by atoms with E-state index in [2.05, 4.69) is 9.47 Å². The third kappa shape index (κ3) is 2.33. The molecular weight excluding hydrogens is 243 g/mol. The van der Waals surface area contributed by atoms with E-state index in [-0.39, 0.29) is 0 Å². The molecule has 2 rings (SSSR count). The molecule has 1 atom stereocenters. The molecule has 0 aromatic heterocycles. The highest BCUT2D eigenvalue weighted by Gasteiger charge is 2.28. The largest absolute Gasteiger partial charge is 0.399 e. The highest BCUT2D eigenvalue weighted by molar-refractivity contribution is 7.09. The second kappa shape index (κ2) is 4.97. The maximum absolute atomic E-state index is 5.71. The van der Waals surface area contributed by atoms with Crippen LogP contribution in [0.3, 0.4) is 0 Å². The van der Waals surface area contributed by atoms with Gasteiger partial charge in [-0.2, -0.15) is 0 Å². The molecule has 1 unspecified atom stereocenters. The average molecular weight is 260 g/mol. The van der Waals surface area contributed by atoms with Crippen LogP contribution < -0.4 is 11.5 Å². The standard InChI is InChI=1S/C14H17N2OP/c1-14(17-18,10-2-6-12(15)7-3-10)11-4-8-13(16)9-5-11/h2-9H,15-16,18H2,1H3. The van der Waals surface area contributed by atoms with Crippen LogP contribution in [0.2, 0.25) is 0 Å². The number of benzene rings is 2. The number of hydrogen-bond donors (Lipinski definition) is 2. The van der Waals surface area contributed by atoms with Gasteiger partial charge in [0.1, 0.15) is 5.60 Å². The van der Waals surface area contributed by atoms with Crippen molar-refractivity contribution in [1.82, 2.24) is 0 Å². The number of nitrogens with two attached hydrogens (primary N) is 2. The molecule has 2 aromatic rings. The Morgan fingerprint density at radius 1 is 0.833 bits per heavy atom. The van der Waals surface area contributed by atoms with Gasteiger partial charge in [-0.1, -0.05) is 24.3 Å². The van der Waals surface area contributed by atoms with Crippen molar-refractivity contribution >= 4 is 20.8 Å². The molecule has 0 saturated heterocycles. The molecular formula is C14H17N2OP. The van der Waals surface area contributed by atoms with E-state index in [1.807, 2.05) is 55.5 Å². The van der Waals surface area contributed by atoms with Crippen LogP contribution in [0.25, 0.3) is 0 Å². The summed E-state index contributed by atoms with van der Waals surface area (Å²) < 4.78 is 5.62. The lowest BCUT2D eigenvalue weighted by Gasteiger charge is -2.29. The van der Waals surface area contributed by atoms with Gasteiger partial charge < -0.3 is 16.0 Å². The van der Waals surface area contributed by atoms with E-state index in [0.29, 0.717) is 0 Å². The Labute approximate surface area is 109 Å². The summed E-state index contributed by atoms with van der Waals surface area (Å²) in [5.74, 6) is 0. The zero-order valence-corrected chi connectivity index (χ0v) is 11.4. The molecule has 0 saturated carbocycles. The summed E-state index contributed by atoms with van der Waals surface area (Å²) in [4.78, 5) is 0. The molecule has 4 heteroatoms. The zero-order chi connectivity index (χ0) is 13.2. The van der Waals surface area contributed by atoms with E-state index in [0.717, 1.165) is 22.5 Å². The van der Waals surface area contributed by atoms with Gasteiger partial charge in [0.25, 0.3) is 0 Å². The first kappa shape index (κ1) is 12.9. The Morgan fingerprint density at radius 2 is 1.17 bits per heavy atom. The Kier molecular flexibility index (Phi) is 3.55. The summed E-state index contributed by atoms with van der Waals surface area (Å²) in [6.07, 6.45) is 0. The fourth-order valence-electron chi connectivity index (χ4n) is 1.91. The first-order valence-electron chi connectivity index (χ1n) is 5.66. The van der Waals surface area contributed by atoms with Crippen molar-refractivity contribution in [1.29, 1.82) is 0 Å². The lowest BCUT2D eigenvalue weighted by atomic mass is 9.88. The molecule has 0 radical (unpaired) electrons. The molecule has 18 heavy (non-hydrogen) atoms. The van der Waals surface area contributed by atoms with E-state index < -0.39 is 5.60 Å². The van der Waals surface area contributed by atoms with Crippen LogP contribution >= 0.6 is 9.47 Å². The van der Waals surface area contributed by atoms with Crippen LogP contribution in [0.15, 0.2) is 48.5 Å². The van der Waals surface area contributed by atoms with Crippen LogP contribution in [0.4, 0.5) is 11.4 Å². The van der Waals surface area contributed by atoms with E-state index in [9.17, 15) is 0 Å². The predicted octanol–water partition coefficient (Wildman–Crippen LogP) is 2.92. The number of rotatable bonds is 3. The molecule has 0 fully saturated rings. The minimum atomic E-state index is -0.536. The highest BCUT2D eigenvalue weighted by Crippen LogP contribution is 2.35. The second-order valence-corrected chi connectivity index (χ2v) is 4.63. The van der Waals surface area contributed by atoms with E-state index >= 15 is 0 Å². The van der Waals surface area contributed by atoms with Crippen LogP contribution in [-0.4, -0.2) is 0 Å². The number of nitrogen functional groups attached to an aromatic ring is 2. The lowest BCUT2D eigenvalue weighted by molar-refractivity contribution is 0.165. The van der Waals surface area contributed by atoms with E-state index in [1.165, 1.54) is 0 Å². The smallest absolute Gasteiger partial charge is 0.119 e. The quantitative estimate of drug-likeness (QED) is 0.659. The summed E-state index contributed by atoms with van der Waals surface area (Å²) in [5, 5.41) is 0. The van der Waals surface area contributed by atoms with Gasteiger partial charge >= 0.3 is 0 Å². The summed E-state index contributed by atoms with van der Waals surface area (Å²) in [5.41, 5.74) is 14.4. The Hall–Kier alpha value is -1.57. The minimum Gasteiger partial charge on any atom is -0.399 e. The molecule has 0 aliphatic heterocycles. The SMILES string of the molecule is CC(OP)(c1ccc(N)cc1)c1ccc(N)cc1. The van der Waals surface area contributed by atoms with Crippen LogP contribution in [-0.2, 0) is 10.1 Å². The maximum atomic E-state index is 5.71. The number of anilines is 2. The third-order valence-electron chi connectivity index (χ3n) is 3.16. The molecule has 2 aromatic carbocycles. The van der Waals surface area contributed by atoms with E-state index in [4.69, 9.17) is 16.0 Å². The average Bonchev–Trinajstić information content (AvgIpc) is 2.39. The fourth-order valence-corrected chi connectivity index (χ4v) is 2.18. The lowest BCUT2D eigenvalue weighted by Crippen LogP contribution is -2.23. The van der Waals surface area contributed by atoms with Crippen molar-refractivity contribution in [2.45, 2.75) is 12.5 Å². The van der Waals surface area contributed by atoms with Crippen molar-refractivity contribution in [3.05, 3.63) is 59.7 Å². The normalized spacial score (nSPS) is 11.4. The predicted molar refractivity (Wildman–Crippen MR) is 79.0 cm³/mol. The van der Waals surface area contributed by atoms with Gasteiger partial charge in [-0.15, -0.1) is 0 Å². The third-order valence-corrected chi connectivity index (χ3v) is 3.63. The van der Waals surface area contributed by atoms with Crippen LogP contribution in [0.5, 0.6) is 0 Å². The molecule has 0 spiro atoms. The van der Waals surface area contributed by atoms with Crippen molar-refractivity contribution in [2.75, 3.05) is 11.5 Å². The van der Waals surface area contributed by atoms with Crippen molar-refractivity contribution in [3.8, 4) is 0 Å². The van der Waals surface area contributed by atoms with E-state index in [1.54, 1.807) is 0 Å². The Balaban J connectivity index is 2.47. The fraction of sp³-hybridized carbons (Fsp3) is 0.143. The van der Waals surface area contributed by atoms with Gasteiger partial charge in [0, 0.05) is 20.8 Å². The molecule has 0 heterocycles. The first-order valence-corrected chi connectivity index (χ1v) is 6.13. The molecule has 0 aliphatic rings. The summed E-state index contributed by atoms with van der Waals surface area (Å²) in [6, 6.07) is 15.4. The Bertz CT molecular complexity index is 477. The highest BCUT2D eigenvalue weighted by atomic mass is 31.0. The second-order valence-electron chi connectivity index (χ2n) is 4.40. The monoisotopic (exact) mass is 260 g/mol. The van der Waals surface area contributed by atoms with Crippen molar-refractivity contribution < 1.29 is 4.52 Å². The first-order chi connectivity index (χ1) is 8.56. The van der Waals surface area contributed by atoms with Gasteiger partial charge in [-0.25, -0.2) is 0 Å². The van der Waals surface area contributed by atoms with Crippen molar-refractivity contribution in [2.24, 2.45) is 0 Å². The molecule has 0 bridgehead atoms. The molecule has 94 valence electrons. The number of hydrogen-bond acceptors (Lipinski definition) is 3. The van der Waals surface area contributed by atoms with Crippen molar-refractivity contribution in [3.63, 3.8) is 0 Å². The van der Waals surface area contributed by atoms with Crippen LogP contribution in [0, 0.1) is 0 Å². The molecule has 3 nitrogen and oxygen atoms in total. The molecule has 4 N–H and O–H groups in total. The Morgan fingerprint density at radius 3 is 1.44 bits per heavy atom. The zero-order valence-electron chi connectivity index (χ0n) is 10.3. The maximum Gasteiger partial charge on any atom is 0.119 e. The topological polar surface area (TPSA) is 61.3 Å². The van der Waals surface area contributed by atoms with Gasteiger partial charge in [0.2, 0.25) is 0 Å². The summed E-state index contributed by atoms with van der Waals surface area (Å²) in [6.45, 7) is 2.01. The van der Waals surface area contributed by atoms with Gasteiger partial charge in [0.15, 0.2) is 0 Å². The summed E-state index contributed by atoms with van der Waals surface area (Å²) >= 11 is 0. The van der Waals surface area contributed by atoms with Gasteiger partial charge in [-0.3, -0.25) is 0 Å². The van der Waals surface area contributed by atoms with Crippen LogP contribution in [0.1, 0.15) is 18.1 Å². The van der Waals surface area contributed by atoms with Gasteiger partial charge in [0.05, 0.1) is 0 Å². The molecule has 0 aliphatic carbocycles.